The van der Waals surface area contributed by atoms with Crippen molar-refractivity contribution in [2.24, 2.45) is 11.3 Å². The Hall–Kier alpha value is -2.04. The minimum Gasteiger partial charge on any atom is -0.370 e. The van der Waals surface area contributed by atoms with Crippen molar-refractivity contribution in [2.45, 2.75) is 31.6 Å². The second-order valence-corrected chi connectivity index (χ2v) is 11.2. The number of rotatable bonds is 7. The maximum absolute atomic E-state index is 15.0. The highest BCUT2D eigenvalue weighted by atomic mass is 35.5. The molecule has 4 rings (SSSR count). The topological polar surface area (TPSA) is 65.5 Å². The molecule has 0 saturated carbocycles. The van der Waals surface area contributed by atoms with Gasteiger partial charge in [-0.1, -0.05) is 31.5 Å². The quantitative estimate of drug-likeness (QED) is 0.446. The van der Waals surface area contributed by atoms with Crippen molar-refractivity contribution in [3.05, 3.63) is 46.9 Å². The number of likely N-dealkylation sites (tertiary alicyclic amines) is 1. The van der Waals surface area contributed by atoms with Crippen molar-refractivity contribution >= 4 is 33.1 Å². The Morgan fingerprint density at radius 2 is 2.00 bits per heavy atom. The molecule has 1 N–H and O–H groups in total. The monoisotopic (exact) mass is 502 g/mol. The van der Waals surface area contributed by atoms with Crippen LogP contribution in [0.2, 0.25) is 5.02 Å². The summed E-state index contributed by atoms with van der Waals surface area (Å²) >= 11 is 6.17. The first kappa shape index (κ1) is 24.1. The van der Waals surface area contributed by atoms with E-state index in [-0.39, 0.29) is 5.69 Å². The highest BCUT2D eigenvalue weighted by molar-refractivity contribution is 7.92. The van der Waals surface area contributed by atoms with Crippen LogP contribution in [0.1, 0.15) is 26.7 Å². The lowest BCUT2D eigenvalue weighted by molar-refractivity contribution is 0.00330. The molecule has 1 aromatic carbocycles. The van der Waals surface area contributed by atoms with E-state index in [1.807, 2.05) is 4.72 Å². The lowest BCUT2D eigenvalue weighted by Crippen LogP contribution is -2.55. The van der Waals surface area contributed by atoms with Crippen molar-refractivity contribution in [2.75, 3.05) is 42.3 Å². The summed E-state index contributed by atoms with van der Waals surface area (Å²) in [7, 11) is -4.73. The van der Waals surface area contributed by atoms with Gasteiger partial charge in [0.05, 0.1) is 5.69 Å². The Labute approximate surface area is 196 Å². The molecule has 11 heteroatoms. The molecule has 0 amide bonds. The van der Waals surface area contributed by atoms with E-state index >= 15 is 4.39 Å². The van der Waals surface area contributed by atoms with Crippen LogP contribution in [-0.4, -0.2) is 51.0 Å². The number of sulfonamides is 1. The summed E-state index contributed by atoms with van der Waals surface area (Å²) in [5.74, 6) is -3.67. The van der Waals surface area contributed by atoms with Gasteiger partial charge in [0, 0.05) is 38.8 Å². The predicted octanol–water partition coefficient (Wildman–Crippen LogP) is 4.51. The van der Waals surface area contributed by atoms with Crippen LogP contribution in [0, 0.1) is 28.9 Å². The van der Waals surface area contributed by atoms with E-state index in [0.717, 1.165) is 50.7 Å². The summed E-state index contributed by atoms with van der Waals surface area (Å²) in [6.45, 7) is 8.60. The van der Waals surface area contributed by atoms with Gasteiger partial charge in [-0.25, -0.2) is 22.2 Å². The molecule has 1 aromatic heterocycles. The van der Waals surface area contributed by atoms with Crippen LogP contribution in [0.5, 0.6) is 0 Å². The molecule has 1 unspecified atom stereocenters. The highest BCUT2D eigenvalue weighted by Crippen LogP contribution is 2.39. The molecule has 2 fully saturated rings. The fourth-order valence-electron chi connectivity index (χ4n) is 4.65. The van der Waals surface area contributed by atoms with E-state index in [1.54, 1.807) is 4.90 Å². The van der Waals surface area contributed by atoms with Crippen molar-refractivity contribution in [1.29, 1.82) is 0 Å². The number of halogens is 4. The minimum atomic E-state index is -4.73. The molecule has 1 atom stereocenters. The second-order valence-electron chi connectivity index (χ2n) is 9.22. The Kier molecular flexibility index (Phi) is 6.54. The summed E-state index contributed by atoms with van der Waals surface area (Å²) in [6, 6.07) is 4.34. The number of hydrogen-bond acceptors (Lipinski definition) is 5. The van der Waals surface area contributed by atoms with E-state index in [0.29, 0.717) is 24.4 Å². The van der Waals surface area contributed by atoms with Gasteiger partial charge < -0.3 is 9.80 Å². The van der Waals surface area contributed by atoms with Gasteiger partial charge in [-0.05, 0) is 36.3 Å². The third kappa shape index (κ3) is 4.93. The van der Waals surface area contributed by atoms with Gasteiger partial charge in [-0.3, -0.25) is 4.72 Å². The van der Waals surface area contributed by atoms with E-state index < -0.39 is 43.3 Å². The number of hydrogen-bond donors (Lipinski definition) is 1. The molecule has 180 valence electrons. The maximum Gasteiger partial charge on any atom is 0.268 e. The lowest BCUT2D eigenvalue weighted by Gasteiger charge is -2.48. The summed E-state index contributed by atoms with van der Waals surface area (Å²) < 4.78 is 70.2. The largest absolute Gasteiger partial charge is 0.370 e. The van der Waals surface area contributed by atoms with Crippen molar-refractivity contribution < 1.29 is 21.6 Å². The molecule has 6 nitrogen and oxygen atoms in total. The fraction of sp³-hybridized carbons (Fsp3) is 0.500. The molecule has 0 radical (unpaired) electrons. The summed E-state index contributed by atoms with van der Waals surface area (Å²) in [6.07, 6.45) is 1.99. The first-order valence-corrected chi connectivity index (χ1v) is 12.7. The number of aromatic nitrogens is 1. The van der Waals surface area contributed by atoms with Crippen molar-refractivity contribution in [3.8, 4) is 0 Å². The standard InChI is InChI=1S/C22H26ClF3N4O2S/c1-3-22(2)12-29(13-22)10-14-7-8-30(11-14)16-9-15(24)21(20(26)19(16)23)33(31,32)28-18-6-4-5-17(25)27-18/h4-6,9,14H,3,7-8,10-13H2,1-2H3,(H,27,28). The Bertz CT molecular complexity index is 1160. The van der Waals surface area contributed by atoms with Gasteiger partial charge in [0.1, 0.15) is 16.7 Å². The number of nitrogens with one attached hydrogen (secondary N) is 1. The maximum atomic E-state index is 15.0. The predicted molar refractivity (Wildman–Crippen MR) is 122 cm³/mol. The molecule has 2 aliphatic heterocycles. The highest BCUT2D eigenvalue weighted by Gasteiger charge is 2.39. The average Bonchev–Trinajstić information content (AvgIpc) is 3.17. The lowest BCUT2D eigenvalue weighted by atomic mass is 9.79. The number of pyridine rings is 1. The normalized spacial score (nSPS) is 20.7. The van der Waals surface area contributed by atoms with Gasteiger partial charge in [0.25, 0.3) is 10.0 Å². The third-order valence-corrected chi connectivity index (χ3v) is 8.28. The number of benzene rings is 1. The zero-order chi connectivity index (χ0) is 24.0. The summed E-state index contributed by atoms with van der Waals surface area (Å²) in [5.41, 5.74) is 0.489. The van der Waals surface area contributed by atoms with Crippen LogP contribution in [0.3, 0.4) is 0 Å². The van der Waals surface area contributed by atoms with E-state index in [2.05, 4.69) is 23.7 Å². The number of anilines is 2. The van der Waals surface area contributed by atoms with Crippen LogP contribution in [0.15, 0.2) is 29.2 Å². The van der Waals surface area contributed by atoms with E-state index in [1.165, 1.54) is 6.07 Å². The molecule has 2 aromatic rings. The molecular formula is C22H26ClF3N4O2S. The van der Waals surface area contributed by atoms with Gasteiger partial charge in [0.15, 0.2) is 10.7 Å². The average molecular weight is 503 g/mol. The van der Waals surface area contributed by atoms with Crippen LogP contribution in [-0.2, 0) is 10.0 Å². The Balaban J connectivity index is 1.50. The Morgan fingerprint density at radius 1 is 1.27 bits per heavy atom. The fourth-order valence-corrected chi connectivity index (χ4v) is 6.12. The van der Waals surface area contributed by atoms with E-state index in [4.69, 9.17) is 11.6 Å². The summed E-state index contributed by atoms with van der Waals surface area (Å²) in [4.78, 5) is 6.31. The third-order valence-electron chi connectivity index (χ3n) is 6.53. The van der Waals surface area contributed by atoms with Crippen LogP contribution in [0.4, 0.5) is 24.7 Å². The zero-order valence-corrected chi connectivity index (χ0v) is 20.0. The summed E-state index contributed by atoms with van der Waals surface area (Å²) in [5, 5.41) is -0.466. The van der Waals surface area contributed by atoms with Gasteiger partial charge >= 0.3 is 0 Å². The molecule has 2 aliphatic rings. The Morgan fingerprint density at radius 3 is 2.67 bits per heavy atom. The first-order valence-electron chi connectivity index (χ1n) is 10.8. The molecule has 33 heavy (non-hydrogen) atoms. The molecule has 0 aliphatic carbocycles. The first-order chi connectivity index (χ1) is 15.5. The smallest absolute Gasteiger partial charge is 0.268 e. The molecule has 0 bridgehead atoms. The minimum absolute atomic E-state index is 0.124. The van der Waals surface area contributed by atoms with E-state index in [9.17, 15) is 17.2 Å². The molecular weight excluding hydrogens is 477 g/mol. The molecule has 3 heterocycles. The number of nitrogens with zero attached hydrogens (tertiary/aromatic N) is 3. The van der Waals surface area contributed by atoms with Gasteiger partial charge in [0.2, 0.25) is 5.95 Å². The molecule has 2 saturated heterocycles. The van der Waals surface area contributed by atoms with Gasteiger partial charge in [-0.15, -0.1) is 0 Å². The zero-order valence-electron chi connectivity index (χ0n) is 18.4. The van der Waals surface area contributed by atoms with Gasteiger partial charge in [-0.2, -0.15) is 4.39 Å². The van der Waals surface area contributed by atoms with Crippen LogP contribution in [0.25, 0.3) is 0 Å². The van der Waals surface area contributed by atoms with Crippen LogP contribution >= 0.6 is 11.6 Å². The second kappa shape index (κ2) is 8.96. The van der Waals surface area contributed by atoms with Crippen LogP contribution < -0.4 is 9.62 Å². The van der Waals surface area contributed by atoms with Crippen molar-refractivity contribution in [3.63, 3.8) is 0 Å². The van der Waals surface area contributed by atoms with Crippen molar-refractivity contribution in [1.82, 2.24) is 9.88 Å². The SMILES string of the molecule is CCC1(C)CN(CC2CCN(c3cc(F)c(S(=O)(=O)Nc4cccc(F)n4)c(F)c3Cl)C2)C1. The molecule has 0 spiro atoms.